The summed E-state index contributed by atoms with van der Waals surface area (Å²) in [4.78, 5) is 37.7. The molecule has 3 rings (SSSR count). The fourth-order valence-corrected chi connectivity index (χ4v) is 4.75. The van der Waals surface area contributed by atoms with Crippen LogP contribution in [0.4, 0.5) is 0 Å². The van der Waals surface area contributed by atoms with E-state index in [1.54, 1.807) is 16.7 Å². The summed E-state index contributed by atoms with van der Waals surface area (Å²) in [7, 11) is 0. The standard InChI is InChI=1S/C18H22N2O4S/c1-12(13-6-4-3-5-7-13)19-15(21)10-24-17(23)14-11-25-18(2)9-8-16(22)20(14)18/h3-7,12,14H,8-11H2,1-2H3,(H,19,21)/t12-,14-,18-/m0/s1. The summed E-state index contributed by atoms with van der Waals surface area (Å²) in [5, 5.41) is 2.80. The lowest BCUT2D eigenvalue weighted by Crippen LogP contribution is -2.47. The SMILES string of the molecule is C[C@H](NC(=O)COC(=O)[C@@H]1CS[C@@]2(C)CCC(=O)N12)c1ccccc1. The highest BCUT2D eigenvalue weighted by Crippen LogP contribution is 2.47. The molecular weight excluding hydrogens is 340 g/mol. The number of ether oxygens (including phenoxy) is 1. The van der Waals surface area contributed by atoms with Crippen molar-refractivity contribution in [3.05, 3.63) is 35.9 Å². The molecule has 2 aliphatic rings. The first-order valence-corrected chi connectivity index (χ1v) is 9.36. The maximum absolute atomic E-state index is 12.3. The Morgan fingerprint density at radius 3 is 2.84 bits per heavy atom. The van der Waals surface area contributed by atoms with Crippen molar-refractivity contribution in [3.8, 4) is 0 Å². The Morgan fingerprint density at radius 2 is 2.12 bits per heavy atom. The van der Waals surface area contributed by atoms with Crippen molar-refractivity contribution in [2.75, 3.05) is 12.4 Å². The summed E-state index contributed by atoms with van der Waals surface area (Å²) in [5.74, 6) is -0.361. The molecule has 0 aliphatic carbocycles. The van der Waals surface area contributed by atoms with Crippen molar-refractivity contribution < 1.29 is 19.1 Å². The number of rotatable bonds is 5. The Labute approximate surface area is 151 Å². The number of hydrogen-bond acceptors (Lipinski definition) is 5. The number of carbonyl (C=O) groups is 3. The van der Waals surface area contributed by atoms with Crippen LogP contribution < -0.4 is 5.32 Å². The Kier molecular flexibility index (Phi) is 5.03. The van der Waals surface area contributed by atoms with Gasteiger partial charge in [0.15, 0.2) is 6.61 Å². The molecule has 1 aromatic carbocycles. The number of benzene rings is 1. The summed E-state index contributed by atoms with van der Waals surface area (Å²) in [6.07, 6.45) is 1.21. The molecule has 2 saturated heterocycles. The van der Waals surface area contributed by atoms with E-state index >= 15 is 0 Å². The second-order valence-corrected chi connectivity index (χ2v) is 8.07. The number of hydrogen-bond donors (Lipinski definition) is 1. The number of thioether (sulfide) groups is 1. The number of esters is 1. The Morgan fingerprint density at radius 1 is 1.40 bits per heavy atom. The highest BCUT2D eigenvalue weighted by Gasteiger charge is 2.53. The van der Waals surface area contributed by atoms with Gasteiger partial charge in [-0.2, -0.15) is 0 Å². The zero-order valence-electron chi connectivity index (χ0n) is 14.4. The van der Waals surface area contributed by atoms with Crippen LogP contribution in [-0.2, 0) is 19.1 Å². The second kappa shape index (κ2) is 7.07. The number of fused-ring (bicyclic) bond motifs is 1. The molecular formula is C18H22N2O4S. The van der Waals surface area contributed by atoms with Crippen molar-refractivity contribution in [1.29, 1.82) is 0 Å². The lowest BCUT2D eigenvalue weighted by atomic mass is 10.1. The van der Waals surface area contributed by atoms with Crippen LogP contribution in [0.5, 0.6) is 0 Å². The normalized spacial score (nSPS) is 26.2. The van der Waals surface area contributed by atoms with Crippen LogP contribution >= 0.6 is 11.8 Å². The molecule has 7 heteroatoms. The van der Waals surface area contributed by atoms with Gasteiger partial charge in [-0.05, 0) is 25.8 Å². The zero-order valence-corrected chi connectivity index (χ0v) is 15.2. The molecule has 0 spiro atoms. The number of nitrogens with zero attached hydrogens (tertiary/aromatic N) is 1. The Balaban J connectivity index is 1.51. The first-order chi connectivity index (χ1) is 11.9. The van der Waals surface area contributed by atoms with E-state index in [4.69, 9.17) is 4.74 Å². The first-order valence-electron chi connectivity index (χ1n) is 8.38. The fraction of sp³-hybridized carbons (Fsp3) is 0.500. The van der Waals surface area contributed by atoms with Crippen LogP contribution in [0.1, 0.15) is 38.3 Å². The second-order valence-electron chi connectivity index (χ2n) is 6.57. The van der Waals surface area contributed by atoms with E-state index in [-0.39, 0.29) is 29.3 Å². The van der Waals surface area contributed by atoms with Gasteiger partial charge < -0.3 is 15.0 Å². The van der Waals surface area contributed by atoms with Crippen molar-refractivity contribution in [2.45, 2.75) is 43.6 Å². The van der Waals surface area contributed by atoms with Crippen molar-refractivity contribution >= 4 is 29.5 Å². The molecule has 1 aromatic rings. The average Bonchev–Trinajstić information content (AvgIpc) is 3.10. The summed E-state index contributed by atoms with van der Waals surface area (Å²) in [6, 6.07) is 8.80. The molecule has 0 radical (unpaired) electrons. The Bertz CT molecular complexity index is 681. The van der Waals surface area contributed by atoms with Crippen LogP contribution in [0.2, 0.25) is 0 Å². The maximum Gasteiger partial charge on any atom is 0.330 e. The molecule has 6 nitrogen and oxygen atoms in total. The summed E-state index contributed by atoms with van der Waals surface area (Å²) in [6.45, 7) is 3.51. The van der Waals surface area contributed by atoms with Crippen LogP contribution in [0.25, 0.3) is 0 Å². The molecule has 1 N–H and O–H groups in total. The van der Waals surface area contributed by atoms with Gasteiger partial charge in [-0.25, -0.2) is 4.79 Å². The van der Waals surface area contributed by atoms with Crippen LogP contribution in [0, 0.1) is 0 Å². The topological polar surface area (TPSA) is 75.7 Å². The highest BCUT2D eigenvalue weighted by atomic mass is 32.2. The van der Waals surface area contributed by atoms with Crippen LogP contribution in [0.15, 0.2) is 30.3 Å². The minimum absolute atomic E-state index is 0.0170. The summed E-state index contributed by atoms with van der Waals surface area (Å²) < 4.78 is 5.17. The number of amides is 2. The molecule has 2 fully saturated rings. The third kappa shape index (κ3) is 3.66. The van der Waals surface area contributed by atoms with Gasteiger partial charge in [0.25, 0.3) is 5.91 Å². The average molecular weight is 362 g/mol. The van der Waals surface area contributed by atoms with Gasteiger partial charge in [-0.15, -0.1) is 11.8 Å². The smallest absolute Gasteiger partial charge is 0.330 e. The fourth-order valence-electron chi connectivity index (χ4n) is 3.34. The maximum atomic E-state index is 12.3. The summed E-state index contributed by atoms with van der Waals surface area (Å²) >= 11 is 1.60. The zero-order chi connectivity index (χ0) is 18.0. The molecule has 0 saturated carbocycles. The van der Waals surface area contributed by atoms with E-state index in [9.17, 15) is 14.4 Å². The van der Waals surface area contributed by atoms with Crippen molar-refractivity contribution in [2.24, 2.45) is 0 Å². The molecule has 3 atom stereocenters. The molecule has 2 heterocycles. The van der Waals surface area contributed by atoms with E-state index in [0.717, 1.165) is 12.0 Å². The van der Waals surface area contributed by atoms with Gasteiger partial charge in [0.05, 0.1) is 10.9 Å². The lowest BCUT2D eigenvalue weighted by Gasteiger charge is -2.29. The van der Waals surface area contributed by atoms with Gasteiger partial charge in [-0.3, -0.25) is 9.59 Å². The molecule has 0 aromatic heterocycles. The van der Waals surface area contributed by atoms with E-state index in [1.807, 2.05) is 44.2 Å². The van der Waals surface area contributed by atoms with Gasteiger partial charge in [0.2, 0.25) is 5.91 Å². The predicted molar refractivity (Wildman–Crippen MR) is 94.7 cm³/mol. The third-order valence-electron chi connectivity index (χ3n) is 4.74. The largest absolute Gasteiger partial charge is 0.454 e. The molecule has 25 heavy (non-hydrogen) atoms. The van der Waals surface area contributed by atoms with Crippen molar-refractivity contribution in [1.82, 2.24) is 10.2 Å². The lowest BCUT2D eigenvalue weighted by molar-refractivity contribution is -0.156. The molecule has 2 aliphatic heterocycles. The number of nitrogens with one attached hydrogen (secondary N) is 1. The van der Waals surface area contributed by atoms with E-state index in [2.05, 4.69) is 5.32 Å². The number of carbonyl (C=O) groups excluding carboxylic acids is 3. The molecule has 0 unspecified atom stereocenters. The first kappa shape index (κ1) is 17.8. The highest BCUT2D eigenvalue weighted by molar-refractivity contribution is 8.01. The molecule has 0 bridgehead atoms. The monoisotopic (exact) mass is 362 g/mol. The van der Waals surface area contributed by atoms with Crippen molar-refractivity contribution in [3.63, 3.8) is 0 Å². The molecule has 134 valence electrons. The quantitative estimate of drug-likeness (QED) is 0.809. The van der Waals surface area contributed by atoms with Crippen LogP contribution in [-0.4, -0.2) is 46.0 Å². The minimum Gasteiger partial charge on any atom is -0.454 e. The van der Waals surface area contributed by atoms with Gasteiger partial charge in [0, 0.05) is 12.2 Å². The molecule has 2 amide bonds. The van der Waals surface area contributed by atoms with E-state index in [1.165, 1.54) is 0 Å². The van der Waals surface area contributed by atoms with Gasteiger partial charge >= 0.3 is 5.97 Å². The van der Waals surface area contributed by atoms with Gasteiger partial charge in [-0.1, -0.05) is 30.3 Å². The van der Waals surface area contributed by atoms with Crippen LogP contribution in [0.3, 0.4) is 0 Å². The summed E-state index contributed by atoms with van der Waals surface area (Å²) in [5.41, 5.74) is 0.979. The van der Waals surface area contributed by atoms with E-state index in [0.29, 0.717) is 12.2 Å². The predicted octanol–water partition coefficient (Wildman–Crippen LogP) is 1.86. The van der Waals surface area contributed by atoms with Gasteiger partial charge in [0.1, 0.15) is 6.04 Å². The third-order valence-corrected chi connectivity index (χ3v) is 6.24. The Hall–Kier alpha value is -2.02. The minimum atomic E-state index is -0.593. The van der Waals surface area contributed by atoms with E-state index < -0.39 is 12.0 Å².